The van der Waals surface area contributed by atoms with Crippen molar-refractivity contribution in [3.63, 3.8) is 0 Å². The minimum Gasteiger partial charge on any atom is -0.494 e. The lowest BCUT2D eigenvalue weighted by Gasteiger charge is -2.08. The highest BCUT2D eigenvalue weighted by atomic mass is 32.1. The fourth-order valence-electron chi connectivity index (χ4n) is 3.57. The van der Waals surface area contributed by atoms with Gasteiger partial charge in [0.2, 0.25) is 4.96 Å². The predicted octanol–water partition coefficient (Wildman–Crippen LogP) is 5.50. The van der Waals surface area contributed by atoms with Crippen molar-refractivity contribution in [2.75, 3.05) is 13.2 Å². The molecule has 4 rings (SSSR count). The molecule has 178 valence electrons. The van der Waals surface area contributed by atoms with Crippen molar-refractivity contribution in [1.82, 2.24) is 14.6 Å². The van der Waals surface area contributed by atoms with Crippen molar-refractivity contribution < 1.29 is 9.47 Å². The van der Waals surface area contributed by atoms with Gasteiger partial charge in [0, 0.05) is 11.1 Å². The zero-order valence-electron chi connectivity index (χ0n) is 19.8. The molecule has 0 spiro atoms. The Labute approximate surface area is 203 Å². The molecule has 7 heteroatoms. The van der Waals surface area contributed by atoms with Crippen LogP contribution in [-0.4, -0.2) is 27.8 Å². The Hall–Kier alpha value is -3.19. The zero-order chi connectivity index (χ0) is 23.8. The fourth-order valence-corrected chi connectivity index (χ4v) is 4.47. The molecular weight excluding hydrogens is 446 g/mol. The van der Waals surface area contributed by atoms with Gasteiger partial charge in [-0.2, -0.15) is 9.50 Å². The minimum absolute atomic E-state index is 0.170. The number of hydrogen-bond acceptors (Lipinski definition) is 6. The van der Waals surface area contributed by atoms with Crippen molar-refractivity contribution >= 4 is 22.4 Å². The highest BCUT2D eigenvalue weighted by molar-refractivity contribution is 7.15. The van der Waals surface area contributed by atoms with Crippen LogP contribution in [0.15, 0.2) is 53.3 Å². The molecule has 2 aromatic carbocycles. The van der Waals surface area contributed by atoms with Crippen molar-refractivity contribution in [1.29, 1.82) is 0 Å². The van der Waals surface area contributed by atoms with Gasteiger partial charge in [0.1, 0.15) is 11.5 Å². The summed E-state index contributed by atoms with van der Waals surface area (Å²) >= 11 is 1.34. The van der Waals surface area contributed by atoms with E-state index in [-0.39, 0.29) is 5.56 Å². The number of fused-ring (bicyclic) bond motifs is 1. The van der Waals surface area contributed by atoms with Crippen LogP contribution >= 0.6 is 11.3 Å². The molecule has 0 aliphatic rings. The molecule has 2 aromatic heterocycles. The first-order chi connectivity index (χ1) is 16.7. The second-order valence-electron chi connectivity index (χ2n) is 8.22. The molecule has 0 aliphatic heterocycles. The van der Waals surface area contributed by atoms with E-state index >= 15 is 0 Å². The van der Waals surface area contributed by atoms with Crippen LogP contribution in [0.4, 0.5) is 0 Å². The molecule has 0 fully saturated rings. The molecule has 0 bridgehead atoms. The van der Waals surface area contributed by atoms with Crippen LogP contribution in [0.25, 0.3) is 22.4 Å². The van der Waals surface area contributed by atoms with E-state index in [9.17, 15) is 4.79 Å². The maximum Gasteiger partial charge on any atom is 0.291 e. The van der Waals surface area contributed by atoms with Gasteiger partial charge in [-0.25, -0.2) is 0 Å². The van der Waals surface area contributed by atoms with E-state index in [1.807, 2.05) is 54.6 Å². The van der Waals surface area contributed by atoms with Crippen LogP contribution in [0.1, 0.15) is 57.9 Å². The third kappa shape index (κ3) is 5.83. The van der Waals surface area contributed by atoms with Crippen LogP contribution in [0.2, 0.25) is 0 Å². The molecule has 0 atom stereocenters. The number of para-hydroxylation sites is 1. The number of unbranched alkanes of at least 4 members (excludes halogenated alkanes) is 4. The molecule has 0 saturated carbocycles. The SMILES string of the molecule is CCCCCCOc1ccccc1C=c1sc2nc(-c3ccc(OCCCC)cc3)nn2c1=O. The molecule has 6 nitrogen and oxygen atoms in total. The monoisotopic (exact) mass is 477 g/mol. The summed E-state index contributed by atoms with van der Waals surface area (Å²) in [4.78, 5) is 18.2. The van der Waals surface area contributed by atoms with Gasteiger partial charge < -0.3 is 9.47 Å². The Balaban J connectivity index is 1.52. The molecule has 34 heavy (non-hydrogen) atoms. The van der Waals surface area contributed by atoms with Crippen molar-refractivity contribution in [2.24, 2.45) is 0 Å². The Morgan fingerprint density at radius 1 is 0.912 bits per heavy atom. The summed E-state index contributed by atoms with van der Waals surface area (Å²) in [6.45, 7) is 5.72. The van der Waals surface area contributed by atoms with E-state index in [1.54, 1.807) is 0 Å². The van der Waals surface area contributed by atoms with E-state index in [0.717, 1.165) is 48.3 Å². The maximum atomic E-state index is 13.0. The number of benzene rings is 2. The zero-order valence-corrected chi connectivity index (χ0v) is 20.6. The van der Waals surface area contributed by atoms with Crippen LogP contribution in [0.5, 0.6) is 11.5 Å². The van der Waals surface area contributed by atoms with Gasteiger partial charge in [-0.05, 0) is 49.2 Å². The molecule has 0 amide bonds. The molecule has 0 aliphatic carbocycles. The lowest BCUT2D eigenvalue weighted by atomic mass is 10.2. The largest absolute Gasteiger partial charge is 0.494 e. The first kappa shape index (κ1) is 24.0. The van der Waals surface area contributed by atoms with E-state index in [4.69, 9.17) is 9.47 Å². The lowest BCUT2D eigenvalue weighted by molar-refractivity contribution is 0.304. The minimum atomic E-state index is -0.170. The predicted molar refractivity (Wildman–Crippen MR) is 138 cm³/mol. The average Bonchev–Trinajstić information content (AvgIpc) is 3.40. The summed E-state index contributed by atoms with van der Waals surface area (Å²) in [6.07, 6.45) is 8.61. The standard InChI is InChI=1S/C27H31N3O3S/c1-3-5-7-10-18-33-23-12-9-8-11-21(23)19-24-26(31)30-27(34-24)28-25(29-30)20-13-15-22(16-14-20)32-17-6-4-2/h8-9,11-16,19H,3-7,10,17-18H2,1-2H3. The van der Waals surface area contributed by atoms with Gasteiger partial charge in [-0.3, -0.25) is 4.79 Å². The third-order valence-electron chi connectivity index (χ3n) is 5.52. The fraction of sp³-hybridized carbons (Fsp3) is 0.370. The summed E-state index contributed by atoms with van der Waals surface area (Å²) in [7, 11) is 0. The summed E-state index contributed by atoms with van der Waals surface area (Å²) < 4.78 is 13.7. The third-order valence-corrected chi connectivity index (χ3v) is 6.48. The highest BCUT2D eigenvalue weighted by Gasteiger charge is 2.13. The Morgan fingerprint density at radius 3 is 2.44 bits per heavy atom. The van der Waals surface area contributed by atoms with E-state index in [2.05, 4.69) is 23.9 Å². The van der Waals surface area contributed by atoms with Crippen molar-refractivity contribution in [2.45, 2.75) is 52.4 Å². The van der Waals surface area contributed by atoms with Crippen LogP contribution in [-0.2, 0) is 0 Å². The molecule has 4 aromatic rings. The first-order valence-corrected chi connectivity index (χ1v) is 12.9. The molecule has 0 N–H and O–H groups in total. The van der Waals surface area contributed by atoms with Gasteiger partial charge >= 0.3 is 0 Å². The Morgan fingerprint density at radius 2 is 1.68 bits per heavy atom. The summed E-state index contributed by atoms with van der Waals surface area (Å²) in [5, 5.41) is 4.46. The van der Waals surface area contributed by atoms with Crippen LogP contribution < -0.4 is 19.6 Å². The lowest BCUT2D eigenvalue weighted by Crippen LogP contribution is -2.23. The number of thiazole rings is 1. The maximum absolute atomic E-state index is 13.0. The van der Waals surface area contributed by atoms with Crippen LogP contribution in [0, 0.1) is 0 Å². The summed E-state index contributed by atoms with van der Waals surface area (Å²) in [5.41, 5.74) is 1.57. The Kier molecular flexibility index (Phi) is 8.31. The normalized spacial score (nSPS) is 11.9. The number of nitrogens with zero attached hydrogens (tertiary/aromatic N) is 3. The van der Waals surface area contributed by atoms with Gasteiger partial charge in [0.15, 0.2) is 5.82 Å². The van der Waals surface area contributed by atoms with Gasteiger partial charge in [0.05, 0.1) is 17.7 Å². The summed E-state index contributed by atoms with van der Waals surface area (Å²) in [6, 6.07) is 15.5. The molecule has 0 saturated heterocycles. The summed E-state index contributed by atoms with van der Waals surface area (Å²) in [5.74, 6) is 2.15. The van der Waals surface area contributed by atoms with E-state index in [1.165, 1.54) is 28.7 Å². The molecular formula is C27H31N3O3S. The molecule has 2 heterocycles. The quantitative estimate of drug-likeness (QED) is 0.252. The smallest absolute Gasteiger partial charge is 0.291 e. The van der Waals surface area contributed by atoms with Gasteiger partial charge in [-0.15, -0.1) is 5.10 Å². The second kappa shape index (κ2) is 11.8. The van der Waals surface area contributed by atoms with E-state index < -0.39 is 0 Å². The average molecular weight is 478 g/mol. The number of hydrogen-bond donors (Lipinski definition) is 0. The van der Waals surface area contributed by atoms with Crippen LogP contribution in [0.3, 0.4) is 0 Å². The van der Waals surface area contributed by atoms with E-state index in [0.29, 0.717) is 28.5 Å². The number of ether oxygens (including phenoxy) is 2. The first-order valence-electron chi connectivity index (χ1n) is 12.1. The number of aromatic nitrogens is 3. The molecule has 0 radical (unpaired) electrons. The van der Waals surface area contributed by atoms with Gasteiger partial charge in [-0.1, -0.05) is 69.1 Å². The highest BCUT2D eigenvalue weighted by Crippen LogP contribution is 2.22. The topological polar surface area (TPSA) is 65.7 Å². The van der Waals surface area contributed by atoms with Gasteiger partial charge in [0.25, 0.3) is 5.56 Å². The number of rotatable bonds is 12. The van der Waals surface area contributed by atoms with Crippen molar-refractivity contribution in [3.8, 4) is 22.9 Å². The molecule has 0 unspecified atom stereocenters. The Bertz CT molecular complexity index is 1310. The second-order valence-corrected chi connectivity index (χ2v) is 9.23. The van der Waals surface area contributed by atoms with Crippen molar-refractivity contribution in [3.05, 3.63) is 69.0 Å².